The summed E-state index contributed by atoms with van der Waals surface area (Å²) in [7, 11) is -1.19. The molecule has 0 aliphatic carbocycles. The molecule has 9 nitrogen and oxygen atoms in total. The number of rotatable bonds is 5. The van der Waals surface area contributed by atoms with Crippen molar-refractivity contribution < 1.29 is 19.4 Å². The molecule has 7 unspecified atom stereocenters. The van der Waals surface area contributed by atoms with Crippen LogP contribution in [0.5, 0.6) is 0 Å². The molecular weight excluding hydrogens is 462 g/mol. The lowest BCUT2D eigenvalue weighted by Crippen LogP contribution is -2.70. The zero-order chi connectivity index (χ0) is 24.8. The number of hydrogen-bond acceptors (Lipinski definition) is 7. The SMILES string of the molecule is C[C@@]1(O)CCCOC2CCNC3C2N(C(=O)N3COCC[Si](C)(C)C)C2CCC3NCCC1C3N2. The molecule has 10 heteroatoms. The monoisotopic (exact) mass is 509 g/mol. The average molecular weight is 510 g/mol. The fraction of sp³-hybridized carbons (Fsp3) is 0.960. The van der Waals surface area contributed by atoms with E-state index >= 15 is 0 Å². The highest BCUT2D eigenvalue weighted by Gasteiger charge is 2.56. The van der Waals surface area contributed by atoms with Crippen molar-refractivity contribution >= 4 is 14.1 Å². The highest BCUT2D eigenvalue weighted by molar-refractivity contribution is 6.76. The van der Waals surface area contributed by atoms with E-state index in [0.29, 0.717) is 26.0 Å². The fourth-order valence-corrected chi connectivity index (χ4v) is 7.78. The van der Waals surface area contributed by atoms with E-state index in [1.165, 1.54) is 0 Å². The van der Waals surface area contributed by atoms with Crippen LogP contribution in [0.15, 0.2) is 0 Å². The standard InChI is InChI=1S/C25H47N5O4Si/c1-25(32)10-5-13-34-19-9-12-27-23-22(19)30(24(31)29(23)16-33-14-15-35(2,3)4)20-7-6-18-21(28-20)17(25)8-11-26-18/h17-23,26-28,32H,5-16H2,1-4H3/t17?,18?,19?,20?,21?,22?,23?,25-/m1/s1. The molecule has 35 heavy (non-hydrogen) atoms. The van der Waals surface area contributed by atoms with Crippen molar-refractivity contribution in [3.8, 4) is 0 Å². The van der Waals surface area contributed by atoms with Crippen LogP contribution in [-0.4, -0.2) is 104 Å². The van der Waals surface area contributed by atoms with Gasteiger partial charge in [-0.2, -0.15) is 0 Å². The highest BCUT2D eigenvalue weighted by Crippen LogP contribution is 2.39. The molecule has 2 bridgehead atoms. The van der Waals surface area contributed by atoms with Gasteiger partial charge >= 0.3 is 6.03 Å². The second-order valence-electron chi connectivity index (χ2n) is 12.8. The Morgan fingerprint density at radius 2 is 1.97 bits per heavy atom. The second-order valence-corrected chi connectivity index (χ2v) is 18.4. The van der Waals surface area contributed by atoms with Gasteiger partial charge in [0.2, 0.25) is 0 Å². The molecule has 0 aromatic rings. The van der Waals surface area contributed by atoms with Gasteiger partial charge in [0.1, 0.15) is 12.9 Å². The molecule has 5 aliphatic heterocycles. The molecule has 4 N–H and O–H groups in total. The van der Waals surface area contributed by atoms with Gasteiger partial charge in [0.25, 0.3) is 0 Å². The van der Waals surface area contributed by atoms with E-state index < -0.39 is 13.7 Å². The number of urea groups is 1. The molecule has 0 aromatic carbocycles. The summed E-state index contributed by atoms with van der Waals surface area (Å²) in [5.41, 5.74) is -0.746. The van der Waals surface area contributed by atoms with Crippen LogP contribution in [0, 0.1) is 5.92 Å². The minimum absolute atomic E-state index is 0.0126. The van der Waals surface area contributed by atoms with Crippen LogP contribution in [0.25, 0.3) is 0 Å². The largest absolute Gasteiger partial charge is 0.390 e. The summed E-state index contributed by atoms with van der Waals surface area (Å²) in [6.07, 6.45) is 5.12. The summed E-state index contributed by atoms with van der Waals surface area (Å²) < 4.78 is 12.5. The minimum atomic E-state index is -1.19. The van der Waals surface area contributed by atoms with Gasteiger partial charge in [-0.3, -0.25) is 20.4 Å². The molecule has 0 aromatic heterocycles. The number of amides is 2. The Morgan fingerprint density at radius 1 is 1.17 bits per heavy atom. The number of carbonyl (C=O) groups excluding carboxylic acids is 1. The maximum Gasteiger partial charge on any atom is 0.324 e. The third kappa shape index (κ3) is 5.30. The zero-order valence-corrected chi connectivity index (χ0v) is 23.1. The number of fused-ring (bicyclic) bond motifs is 2. The second kappa shape index (κ2) is 10.2. The topological polar surface area (TPSA) is 98.3 Å². The van der Waals surface area contributed by atoms with Gasteiger partial charge < -0.3 is 19.9 Å². The van der Waals surface area contributed by atoms with E-state index in [1.54, 1.807) is 0 Å². The first-order valence-electron chi connectivity index (χ1n) is 13.9. The number of hydrogen-bond donors (Lipinski definition) is 4. The molecule has 8 atom stereocenters. The molecule has 5 heterocycles. The zero-order valence-electron chi connectivity index (χ0n) is 22.1. The van der Waals surface area contributed by atoms with Crippen LogP contribution in [0.2, 0.25) is 25.7 Å². The van der Waals surface area contributed by atoms with E-state index in [2.05, 4.69) is 40.5 Å². The summed E-state index contributed by atoms with van der Waals surface area (Å²) in [4.78, 5) is 17.9. The van der Waals surface area contributed by atoms with Gasteiger partial charge in [0, 0.05) is 39.3 Å². The van der Waals surface area contributed by atoms with E-state index in [4.69, 9.17) is 9.47 Å². The number of aliphatic hydroxyl groups is 1. The van der Waals surface area contributed by atoms with E-state index in [-0.39, 0.29) is 42.5 Å². The van der Waals surface area contributed by atoms with E-state index in [9.17, 15) is 9.90 Å². The van der Waals surface area contributed by atoms with Crippen LogP contribution < -0.4 is 16.0 Å². The van der Waals surface area contributed by atoms with Crippen molar-refractivity contribution in [3.05, 3.63) is 0 Å². The Bertz CT molecular complexity index is 765. The first-order chi connectivity index (χ1) is 16.7. The molecule has 0 spiro atoms. The van der Waals surface area contributed by atoms with Gasteiger partial charge in [0.05, 0.1) is 23.9 Å². The normalized spacial score (nSPS) is 42.3. The first kappa shape index (κ1) is 25.9. The Hall–Kier alpha value is -0.753. The summed E-state index contributed by atoms with van der Waals surface area (Å²) >= 11 is 0. The van der Waals surface area contributed by atoms with Gasteiger partial charge in [-0.15, -0.1) is 0 Å². The van der Waals surface area contributed by atoms with Crippen molar-refractivity contribution in [1.82, 2.24) is 25.8 Å². The first-order valence-corrected chi connectivity index (χ1v) is 17.6. The lowest BCUT2D eigenvalue weighted by atomic mass is 9.71. The van der Waals surface area contributed by atoms with Gasteiger partial charge in [0.15, 0.2) is 0 Å². The molecular formula is C25H47N5O4Si. The molecule has 0 radical (unpaired) electrons. The summed E-state index contributed by atoms with van der Waals surface area (Å²) in [5.74, 6) is 0.158. The third-order valence-corrected chi connectivity index (χ3v) is 10.7. The molecule has 5 fully saturated rings. The molecule has 200 valence electrons. The summed E-state index contributed by atoms with van der Waals surface area (Å²) in [6.45, 7) is 12.4. The molecule has 5 aliphatic rings. The minimum Gasteiger partial charge on any atom is -0.390 e. The fourth-order valence-electron chi connectivity index (χ4n) is 7.02. The maximum absolute atomic E-state index is 13.9. The maximum atomic E-state index is 13.9. The Labute approximate surface area is 211 Å². The lowest BCUT2D eigenvalue weighted by molar-refractivity contribution is -0.0887. The summed E-state index contributed by atoms with van der Waals surface area (Å²) in [5, 5.41) is 22.6. The van der Waals surface area contributed by atoms with Crippen LogP contribution in [-0.2, 0) is 9.47 Å². The van der Waals surface area contributed by atoms with Crippen molar-refractivity contribution in [2.45, 2.75) is 113 Å². The Kier molecular flexibility index (Phi) is 7.53. The smallest absolute Gasteiger partial charge is 0.324 e. The lowest BCUT2D eigenvalue weighted by Gasteiger charge is -2.52. The quantitative estimate of drug-likeness (QED) is 0.331. The highest BCUT2D eigenvalue weighted by atomic mass is 28.3. The Morgan fingerprint density at radius 3 is 2.77 bits per heavy atom. The van der Waals surface area contributed by atoms with Gasteiger partial charge in [-0.25, -0.2) is 4.79 Å². The molecule has 2 amide bonds. The number of nitrogens with zero attached hydrogens (tertiary/aromatic N) is 2. The van der Waals surface area contributed by atoms with Crippen molar-refractivity contribution in [1.29, 1.82) is 0 Å². The number of ether oxygens (including phenoxy) is 2. The number of piperidine rings is 3. The Balaban J connectivity index is 1.39. The van der Waals surface area contributed by atoms with Crippen LogP contribution in [0.3, 0.4) is 0 Å². The predicted molar refractivity (Wildman–Crippen MR) is 138 cm³/mol. The van der Waals surface area contributed by atoms with Crippen LogP contribution in [0.1, 0.15) is 45.4 Å². The van der Waals surface area contributed by atoms with Gasteiger partial charge in [-0.1, -0.05) is 19.6 Å². The third-order valence-electron chi connectivity index (χ3n) is 9.00. The molecule has 5 rings (SSSR count). The number of carbonyl (C=O) groups is 1. The van der Waals surface area contributed by atoms with E-state index in [0.717, 1.165) is 57.7 Å². The predicted octanol–water partition coefficient (Wildman–Crippen LogP) is 1.71. The molecule has 0 saturated carbocycles. The average Bonchev–Trinajstić information content (AvgIpc) is 3.09. The van der Waals surface area contributed by atoms with Crippen molar-refractivity contribution in [2.24, 2.45) is 5.92 Å². The van der Waals surface area contributed by atoms with E-state index in [1.807, 2.05) is 11.8 Å². The van der Waals surface area contributed by atoms with Crippen molar-refractivity contribution in [3.63, 3.8) is 0 Å². The number of nitrogens with one attached hydrogen (secondary N) is 3. The van der Waals surface area contributed by atoms with Crippen LogP contribution >= 0.6 is 0 Å². The van der Waals surface area contributed by atoms with Crippen molar-refractivity contribution in [2.75, 3.05) is 33.0 Å². The van der Waals surface area contributed by atoms with Crippen LogP contribution in [0.4, 0.5) is 4.79 Å². The summed E-state index contributed by atoms with van der Waals surface area (Å²) in [6, 6.07) is 1.58. The molecule has 5 saturated heterocycles. The van der Waals surface area contributed by atoms with Gasteiger partial charge in [-0.05, 0) is 64.6 Å².